The van der Waals surface area contributed by atoms with Crippen LogP contribution >= 0.6 is 0 Å². The number of methoxy groups -OCH3 is 1. The van der Waals surface area contributed by atoms with E-state index in [1.54, 1.807) is 7.11 Å². The van der Waals surface area contributed by atoms with Gasteiger partial charge in [-0.05, 0) is 18.1 Å². The maximum Gasteiger partial charge on any atom is 0.120 e. The average molecular weight is 209 g/mol. The molecule has 0 aromatic heterocycles. The summed E-state index contributed by atoms with van der Waals surface area (Å²) in [6.07, 6.45) is 0. The van der Waals surface area contributed by atoms with E-state index in [-0.39, 0.29) is 12.5 Å². The Balaban J connectivity index is 2.68. The molecule has 1 rings (SSSR count). The van der Waals surface area contributed by atoms with E-state index < -0.39 is 0 Å². The van der Waals surface area contributed by atoms with E-state index in [2.05, 4.69) is 4.90 Å². The molecule has 1 N–H and O–H groups in total. The number of rotatable bonds is 5. The number of aliphatic hydroxyl groups excluding tert-OH is 1. The van der Waals surface area contributed by atoms with Crippen LogP contribution in [-0.4, -0.2) is 32.4 Å². The van der Waals surface area contributed by atoms with Crippen molar-refractivity contribution in [2.24, 2.45) is 5.92 Å². The van der Waals surface area contributed by atoms with E-state index in [9.17, 15) is 0 Å². The summed E-state index contributed by atoms with van der Waals surface area (Å²) in [5, 5.41) is 8.98. The van der Waals surface area contributed by atoms with Crippen LogP contribution in [-0.2, 0) is 0 Å². The lowest BCUT2D eigenvalue weighted by atomic mass is 10.2. The Morgan fingerprint density at radius 1 is 1.47 bits per heavy atom. The lowest BCUT2D eigenvalue weighted by molar-refractivity contribution is 0.240. The highest BCUT2D eigenvalue weighted by molar-refractivity contribution is 5.50. The highest BCUT2D eigenvalue weighted by Gasteiger charge is 2.06. The molecule has 84 valence electrons. The van der Waals surface area contributed by atoms with E-state index >= 15 is 0 Å². The highest BCUT2D eigenvalue weighted by atomic mass is 16.5. The summed E-state index contributed by atoms with van der Waals surface area (Å²) < 4.78 is 5.16. The van der Waals surface area contributed by atoms with Crippen LogP contribution in [0.5, 0.6) is 5.75 Å². The molecule has 1 atom stereocenters. The predicted octanol–water partition coefficient (Wildman–Crippen LogP) is 1.76. The van der Waals surface area contributed by atoms with Crippen molar-refractivity contribution in [1.29, 1.82) is 0 Å². The lowest BCUT2D eigenvalue weighted by Crippen LogP contribution is -2.25. The molecule has 0 radical (unpaired) electrons. The van der Waals surface area contributed by atoms with Crippen molar-refractivity contribution in [1.82, 2.24) is 0 Å². The third-order valence-electron chi connectivity index (χ3n) is 2.39. The molecule has 0 saturated carbocycles. The molecule has 0 aliphatic carbocycles. The van der Waals surface area contributed by atoms with Gasteiger partial charge < -0.3 is 14.7 Å². The minimum atomic E-state index is 0.217. The molecule has 15 heavy (non-hydrogen) atoms. The van der Waals surface area contributed by atoms with Gasteiger partial charge in [-0.1, -0.05) is 13.0 Å². The maximum absolute atomic E-state index is 8.98. The molecular weight excluding hydrogens is 190 g/mol. The van der Waals surface area contributed by atoms with Gasteiger partial charge in [0.2, 0.25) is 0 Å². The van der Waals surface area contributed by atoms with Gasteiger partial charge in [-0.15, -0.1) is 0 Å². The minimum absolute atomic E-state index is 0.217. The standard InChI is InChI=1S/C12H19NO2/c1-10(9-14)8-13(2)11-5-4-6-12(7-11)15-3/h4-7,10,14H,8-9H2,1-3H3. The quantitative estimate of drug-likeness (QED) is 0.802. The minimum Gasteiger partial charge on any atom is -0.497 e. The average Bonchev–Trinajstić information content (AvgIpc) is 2.28. The second-order valence-corrected chi connectivity index (χ2v) is 3.87. The first kappa shape index (κ1) is 11.9. The van der Waals surface area contributed by atoms with E-state index in [4.69, 9.17) is 9.84 Å². The lowest BCUT2D eigenvalue weighted by Gasteiger charge is -2.22. The fourth-order valence-corrected chi connectivity index (χ4v) is 1.48. The molecule has 1 aromatic carbocycles. The summed E-state index contributed by atoms with van der Waals surface area (Å²) in [6.45, 7) is 3.08. The SMILES string of the molecule is COc1cccc(N(C)CC(C)CO)c1. The summed E-state index contributed by atoms with van der Waals surface area (Å²) >= 11 is 0. The first-order chi connectivity index (χ1) is 7.17. The van der Waals surface area contributed by atoms with Gasteiger partial charge in [0.1, 0.15) is 5.75 Å². The zero-order valence-corrected chi connectivity index (χ0v) is 9.60. The van der Waals surface area contributed by atoms with E-state index in [0.717, 1.165) is 18.0 Å². The van der Waals surface area contributed by atoms with Crippen LogP contribution in [0.1, 0.15) is 6.92 Å². The van der Waals surface area contributed by atoms with Gasteiger partial charge in [-0.25, -0.2) is 0 Å². The molecule has 0 aliphatic heterocycles. The van der Waals surface area contributed by atoms with Gasteiger partial charge in [0.25, 0.3) is 0 Å². The molecule has 3 nitrogen and oxygen atoms in total. The summed E-state index contributed by atoms with van der Waals surface area (Å²) in [6, 6.07) is 7.91. The normalized spacial score (nSPS) is 12.3. The Morgan fingerprint density at radius 2 is 2.20 bits per heavy atom. The second kappa shape index (κ2) is 5.61. The molecule has 3 heteroatoms. The van der Waals surface area contributed by atoms with Crippen molar-refractivity contribution in [2.75, 3.05) is 32.2 Å². The number of anilines is 1. The van der Waals surface area contributed by atoms with Crippen molar-refractivity contribution in [3.63, 3.8) is 0 Å². The number of nitrogens with zero attached hydrogens (tertiary/aromatic N) is 1. The molecule has 0 bridgehead atoms. The Hall–Kier alpha value is -1.22. The molecule has 0 saturated heterocycles. The van der Waals surface area contributed by atoms with E-state index in [1.165, 1.54) is 0 Å². The van der Waals surface area contributed by atoms with Crippen LogP contribution in [0.15, 0.2) is 24.3 Å². The Morgan fingerprint density at radius 3 is 2.80 bits per heavy atom. The van der Waals surface area contributed by atoms with Crippen LogP contribution in [0.2, 0.25) is 0 Å². The van der Waals surface area contributed by atoms with Gasteiger partial charge in [0, 0.05) is 32.0 Å². The van der Waals surface area contributed by atoms with Crippen molar-refractivity contribution < 1.29 is 9.84 Å². The second-order valence-electron chi connectivity index (χ2n) is 3.87. The third kappa shape index (κ3) is 3.44. The fourth-order valence-electron chi connectivity index (χ4n) is 1.48. The van der Waals surface area contributed by atoms with Gasteiger partial charge >= 0.3 is 0 Å². The molecule has 0 amide bonds. The first-order valence-corrected chi connectivity index (χ1v) is 5.13. The summed E-state index contributed by atoms with van der Waals surface area (Å²) in [7, 11) is 3.68. The number of hydrogen-bond donors (Lipinski definition) is 1. The Bertz CT molecular complexity index is 301. The van der Waals surface area contributed by atoms with Crippen molar-refractivity contribution in [2.45, 2.75) is 6.92 Å². The summed E-state index contributed by atoms with van der Waals surface area (Å²) in [5.41, 5.74) is 1.11. The molecule has 0 fully saturated rings. The zero-order chi connectivity index (χ0) is 11.3. The monoisotopic (exact) mass is 209 g/mol. The van der Waals surface area contributed by atoms with Crippen molar-refractivity contribution in [3.05, 3.63) is 24.3 Å². The topological polar surface area (TPSA) is 32.7 Å². The van der Waals surface area contributed by atoms with Crippen molar-refractivity contribution in [3.8, 4) is 5.75 Å². The molecule has 0 heterocycles. The van der Waals surface area contributed by atoms with Crippen LogP contribution in [0.3, 0.4) is 0 Å². The Labute approximate surface area is 91.3 Å². The predicted molar refractivity (Wildman–Crippen MR) is 62.5 cm³/mol. The molecule has 0 spiro atoms. The zero-order valence-electron chi connectivity index (χ0n) is 9.60. The van der Waals surface area contributed by atoms with Crippen LogP contribution in [0, 0.1) is 5.92 Å². The van der Waals surface area contributed by atoms with Gasteiger partial charge in [0.05, 0.1) is 7.11 Å². The van der Waals surface area contributed by atoms with E-state index in [1.807, 2.05) is 38.2 Å². The molecular formula is C12H19NO2. The van der Waals surface area contributed by atoms with Gasteiger partial charge in [-0.2, -0.15) is 0 Å². The van der Waals surface area contributed by atoms with Gasteiger partial charge in [0.15, 0.2) is 0 Å². The van der Waals surface area contributed by atoms with Gasteiger partial charge in [-0.3, -0.25) is 0 Å². The number of hydrogen-bond acceptors (Lipinski definition) is 3. The van der Waals surface area contributed by atoms with E-state index in [0.29, 0.717) is 0 Å². The van der Waals surface area contributed by atoms with Crippen LogP contribution in [0.4, 0.5) is 5.69 Å². The summed E-state index contributed by atoms with van der Waals surface area (Å²) in [4.78, 5) is 2.11. The van der Waals surface area contributed by atoms with Crippen molar-refractivity contribution >= 4 is 5.69 Å². The number of ether oxygens (including phenoxy) is 1. The fraction of sp³-hybridized carbons (Fsp3) is 0.500. The Kier molecular flexibility index (Phi) is 4.43. The highest BCUT2D eigenvalue weighted by Crippen LogP contribution is 2.20. The number of aliphatic hydroxyl groups is 1. The third-order valence-corrected chi connectivity index (χ3v) is 2.39. The largest absolute Gasteiger partial charge is 0.497 e. The number of benzene rings is 1. The summed E-state index contributed by atoms with van der Waals surface area (Å²) in [5.74, 6) is 1.14. The van der Waals surface area contributed by atoms with Crippen LogP contribution < -0.4 is 9.64 Å². The molecule has 0 aliphatic rings. The molecule has 1 aromatic rings. The maximum atomic E-state index is 8.98. The molecule has 1 unspecified atom stereocenters. The smallest absolute Gasteiger partial charge is 0.120 e. The first-order valence-electron chi connectivity index (χ1n) is 5.13. The van der Waals surface area contributed by atoms with Crippen LogP contribution in [0.25, 0.3) is 0 Å².